The summed E-state index contributed by atoms with van der Waals surface area (Å²) in [6, 6.07) is 32.2. The van der Waals surface area contributed by atoms with Gasteiger partial charge in [-0.1, -0.05) is 78.9 Å². The van der Waals surface area contributed by atoms with Crippen LogP contribution in [0.4, 0.5) is 11.4 Å². The molecule has 2 N–H and O–H groups in total. The molecule has 0 radical (unpaired) electrons. The summed E-state index contributed by atoms with van der Waals surface area (Å²) < 4.78 is 28.8. The SMILES string of the molecule is O=C(O)c1ccc(N(Cc2ccccc2)Cc2ccccc2)c(NS(=O)(=O)c2ccccc2)c1. The number of sulfonamides is 1. The molecule has 0 bridgehead atoms. The number of anilines is 2. The molecule has 0 spiro atoms. The van der Waals surface area contributed by atoms with Gasteiger partial charge < -0.3 is 10.0 Å². The van der Waals surface area contributed by atoms with E-state index in [0.29, 0.717) is 18.8 Å². The number of nitrogens with zero attached hydrogens (tertiary/aromatic N) is 1. The second-order valence-corrected chi connectivity index (χ2v) is 9.47. The van der Waals surface area contributed by atoms with Crippen molar-refractivity contribution < 1.29 is 18.3 Å². The molecule has 0 heterocycles. The zero-order valence-corrected chi connectivity index (χ0v) is 19.2. The maximum absolute atomic E-state index is 13.1. The molecule has 7 heteroatoms. The lowest BCUT2D eigenvalue weighted by Gasteiger charge is -2.28. The maximum atomic E-state index is 13.1. The van der Waals surface area contributed by atoms with Gasteiger partial charge in [-0.2, -0.15) is 0 Å². The van der Waals surface area contributed by atoms with Crippen LogP contribution in [0.25, 0.3) is 0 Å². The van der Waals surface area contributed by atoms with Crippen molar-refractivity contribution in [2.24, 2.45) is 0 Å². The molecule has 0 atom stereocenters. The fourth-order valence-corrected chi connectivity index (χ4v) is 4.75. The molecule has 0 unspecified atom stereocenters. The first-order valence-corrected chi connectivity index (χ1v) is 12.2. The predicted molar refractivity (Wildman–Crippen MR) is 133 cm³/mol. The first kappa shape index (κ1) is 23.1. The van der Waals surface area contributed by atoms with E-state index < -0.39 is 16.0 Å². The molecule has 0 aliphatic carbocycles. The van der Waals surface area contributed by atoms with Gasteiger partial charge in [0.1, 0.15) is 0 Å². The number of carbonyl (C=O) groups is 1. The summed E-state index contributed by atoms with van der Waals surface area (Å²) in [5.74, 6) is -1.13. The topological polar surface area (TPSA) is 86.7 Å². The van der Waals surface area contributed by atoms with Crippen LogP contribution in [0.2, 0.25) is 0 Å². The first-order valence-electron chi connectivity index (χ1n) is 10.7. The van der Waals surface area contributed by atoms with Crippen molar-refractivity contribution in [3.63, 3.8) is 0 Å². The molecule has 0 amide bonds. The van der Waals surface area contributed by atoms with E-state index in [2.05, 4.69) is 4.72 Å². The zero-order valence-electron chi connectivity index (χ0n) is 18.3. The van der Waals surface area contributed by atoms with Crippen LogP contribution >= 0.6 is 0 Å². The zero-order chi connectivity index (χ0) is 24.0. The Labute approximate surface area is 199 Å². The van der Waals surface area contributed by atoms with Crippen molar-refractivity contribution in [1.82, 2.24) is 0 Å². The van der Waals surface area contributed by atoms with Crippen molar-refractivity contribution in [1.29, 1.82) is 0 Å². The second-order valence-electron chi connectivity index (χ2n) is 7.78. The van der Waals surface area contributed by atoms with Crippen LogP contribution in [0.5, 0.6) is 0 Å². The molecule has 0 saturated heterocycles. The van der Waals surface area contributed by atoms with Crippen molar-refractivity contribution in [3.8, 4) is 0 Å². The van der Waals surface area contributed by atoms with E-state index in [1.165, 1.54) is 24.3 Å². The van der Waals surface area contributed by atoms with Gasteiger partial charge in [0.15, 0.2) is 0 Å². The minimum Gasteiger partial charge on any atom is -0.478 e. The molecule has 4 aromatic rings. The molecule has 0 aliphatic rings. The van der Waals surface area contributed by atoms with E-state index >= 15 is 0 Å². The summed E-state index contributed by atoms with van der Waals surface area (Å²) in [6.07, 6.45) is 0. The van der Waals surface area contributed by atoms with E-state index in [0.717, 1.165) is 11.1 Å². The minimum atomic E-state index is -3.93. The van der Waals surface area contributed by atoms with E-state index in [-0.39, 0.29) is 16.1 Å². The highest BCUT2D eigenvalue weighted by atomic mass is 32.2. The summed E-state index contributed by atoms with van der Waals surface area (Å²) in [5.41, 5.74) is 2.86. The van der Waals surface area contributed by atoms with Crippen LogP contribution in [0.3, 0.4) is 0 Å². The molecular weight excluding hydrogens is 448 g/mol. The largest absolute Gasteiger partial charge is 0.478 e. The van der Waals surface area contributed by atoms with Crippen molar-refractivity contribution in [2.45, 2.75) is 18.0 Å². The lowest BCUT2D eigenvalue weighted by atomic mass is 10.1. The first-order chi connectivity index (χ1) is 16.4. The highest BCUT2D eigenvalue weighted by molar-refractivity contribution is 7.92. The Hall–Kier alpha value is -4.10. The Morgan fingerprint density at radius 2 is 1.24 bits per heavy atom. The lowest BCUT2D eigenvalue weighted by molar-refractivity contribution is 0.0697. The Morgan fingerprint density at radius 3 is 1.74 bits per heavy atom. The van der Waals surface area contributed by atoms with Gasteiger partial charge in [-0.15, -0.1) is 0 Å². The fourth-order valence-electron chi connectivity index (χ4n) is 3.66. The quantitative estimate of drug-likeness (QED) is 0.341. The van der Waals surface area contributed by atoms with Gasteiger partial charge in [-0.3, -0.25) is 4.72 Å². The summed E-state index contributed by atoms with van der Waals surface area (Å²) in [5, 5.41) is 9.53. The molecular formula is C27H24N2O4S. The monoisotopic (exact) mass is 472 g/mol. The third-order valence-electron chi connectivity index (χ3n) is 5.31. The van der Waals surface area contributed by atoms with E-state index in [1.807, 2.05) is 65.6 Å². The molecule has 6 nitrogen and oxygen atoms in total. The van der Waals surface area contributed by atoms with Gasteiger partial charge in [-0.05, 0) is 41.5 Å². The summed E-state index contributed by atoms with van der Waals surface area (Å²) in [6.45, 7) is 1.00. The minimum absolute atomic E-state index is 0.00566. The Kier molecular flexibility index (Phi) is 6.94. The fraction of sp³-hybridized carbons (Fsp3) is 0.0741. The number of carboxylic acid groups (broad SMARTS) is 1. The van der Waals surface area contributed by atoms with Crippen molar-refractivity contribution in [2.75, 3.05) is 9.62 Å². The highest BCUT2D eigenvalue weighted by Crippen LogP contribution is 2.32. The summed E-state index contributed by atoms with van der Waals surface area (Å²) >= 11 is 0. The van der Waals surface area contributed by atoms with Crippen LogP contribution in [0.1, 0.15) is 21.5 Å². The van der Waals surface area contributed by atoms with Gasteiger partial charge >= 0.3 is 5.97 Å². The highest BCUT2D eigenvalue weighted by Gasteiger charge is 2.21. The number of hydrogen-bond donors (Lipinski definition) is 2. The summed E-state index contributed by atoms with van der Waals surface area (Å²) in [4.78, 5) is 13.8. The Bertz CT molecular complexity index is 1320. The third kappa shape index (κ3) is 5.63. The van der Waals surface area contributed by atoms with E-state index in [9.17, 15) is 18.3 Å². The number of carboxylic acids is 1. The molecule has 4 aromatic carbocycles. The van der Waals surface area contributed by atoms with Crippen LogP contribution < -0.4 is 9.62 Å². The van der Waals surface area contributed by atoms with Crippen molar-refractivity contribution in [3.05, 3.63) is 126 Å². The van der Waals surface area contributed by atoms with Crippen LogP contribution in [0.15, 0.2) is 114 Å². The second kappa shape index (κ2) is 10.2. The van der Waals surface area contributed by atoms with Gasteiger partial charge in [0.2, 0.25) is 0 Å². The number of benzene rings is 4. The summed E-state index contributed by atoms with van der Waals surface area (Å²) in [7, 11) is -3.93. The lowest BCUT2D eigenvalue weighted by Crippen LogP contribution is -2.24. The standard InChI is InChI=1S/C27H24N2O4S/c30-27(31)23-16-17-26(25(18-23)28-34(32,33)24-14-8-3-9-15-24)29(19-21-10-4-1-5-11-21)20-22-12-6-2-7-13-22/h1-18,28H,19-20H2,(H,30,31). The van der Waals surface area contributed by atoms with Crippen LogP contribution in [0, 0.1) is 0 Å². The van der Waals surface area contributed by atoms with Gasteiger partial charge in [-0.25, -0.2) is 13.2 Å². The van der Waals surface area contributed by atoms with Crippen molar-refractivity contribution >= 4 is 27.4 Å². The van der Waals surface area contributed by atoms with Crippen LogP contribution in [-0.2, 0) is 23.1 Å². The smallest absolute Gasteiger partial charge is 0.335 e. The maximum Gasteiger partial charge on any atom is 0.335 e. The average Bonchev–Trinajstić information content (AvgIpc) is 2.85. The predicted octanol–water partition coefficient (Wildman–Crippen LogP) is 5.39. The normalized spacial score (nSPS) is 11.1. The van der Waals surface area contributed by atoms with Gasteiger partial charge in [0.05, 0.1) is 21.8 Å². The molecule has 0 aliphatic heterocycles. The molecule has 4 rings (SSSR count). The number of hydrogen-bond acceptors (Lipinski definition) is 4. The van der Waals surface area contributed by atoms with Gasteiger partial charge in [0, 0.05) is 13.1 Å². The molecule has 0 aromatic heterocycles. The molecule has 172 valence electrons. The molecule has 0 fully saturated rings. The van der Waals surface area contributed by atoms with Gasteiger partial charge in [0.25, 0.3) is 10.0 Å². The van der Waals surface area contributed by atoms with E-state index in [4.69, 9.17) is 0 Å². The average molecular weight is 473 g/mol. The Balaban J connectivity index is 1.78. The number of rotatable bonds is 9. The number of nitrogens with one attached hydrogen (secondary N) is 1. The molecule has 34 heavy (non-hydrogen) atoms. The Morgan fingerprint density at radius 1 is 0.735 bits per heavy atom. The van der Waals surface area contributed by atoms with E-state index in [1.54, 1.807) is 24.3 Å². The third-order valence-corrected chi connectivity index (χ3v) is 6.70. The molecule has 0 saturated carbocycles. The number of aromatic carboxylic acids is 1. The van der Waals surface area contributed by atoms with Crippen LogP contribution in [-0.4, -0.2) is 19.5 Å².